The van der Waals surface area contributed by atoms with E-state index in [2.05, 4.69) is 0 Å². The summed E-state index contributed by atoms with van der Waals surface area (Å²) in [5.74, 6) is -0.998. The van der Waals surface area contributed by atoms with E-state index >= 15 is 0 Å². The molecule has 3 N–H and O–H groups in total. The van der Waals surface area contributed by atoms with Crippen molar-refractivity contribution in [1.82, 2.24) is 0 Å². The zero-order valence-corrected chi connectivity index (χ0v) is 9.61. The molecule has 3 nitrogen and oxygen atoms in total. The van der Waals surface area contributed by atoms with Crippen molar-refractivity contribution in [1.29, 1.82) is 0 Å². The number of nitrogens with two attached hydrogens (primary N) is 1. The monoisotopic (exact) mass is 247 g/mol. The number of carboxylic acids is 1. The Morgan fingerprint density at radius 3 is 2.35 bits per heavy atom. The van der Waals surface area contributed by atoms with E-state index < -0.39 is 5.97 Å². The van der Waals surface area contributed by atoms with Gasteiger partial charge in [0.05, 0.1) is 5.56 Å². The summed E-state index contributed by atoms with van der Waals surface area (Å²) in [5, 5.41) is 9.74. The Morgan fingerprint density at radius 2 is 1.76 bits per heavy atom. The van der Waals surface area contributed by atoms with E-state index in [1.165, 1.54) is 6.07 Å². The lowest BCUT2D eigenvalue weighted by atomic mass is 9.99. The highest BCUT2D eigenvalue weighted by Crippen LogP contribution is 2.26. The van der Waals surface area contributed by atoms with Crippen LogP contribution < -0.4 is 5.73 Å². The quantitative estimate of drug-likeness (QED) is 0.801. The minimum Gasteiger partial charge on any atom is -0.478 e. The van der Waals surface area contributed by atoms with E-state index in [4.69, 9.17) is 22.4 Å². The molecule has 0 aliphatic heterocycles. The molecule has 0 radical (unpaired) electrons. The topological polar surface area (TPSA) is 63.3 Å². The van der Waals surface area contributed by atoms with Crippen molar-refractivity contribution in [3.63, 3.8) is 0 Å². The fraction of sp³-hybridized carbons (Fsp3) is 0. The minimum atomic E-state index is -0.998. The first kappa shape index (κ1) is 11.5. The Labute approximate surface area is 103 Å². The number of hydrogen-bond acceptors (Lipinski definition) is 2. The molecule has 0 amide bonds. The molecule has 4 heteroatoms. The van der Waals surface area contributed by atoms with Gasteiger partial charge in [-0.1, -0.05) is 29.8 Å². The van der Waals surface area contributed by atoms with Gasteiger partial charge < -0.3 is 10.8 Å². The van der Waals surface area contributed by atoms with E-state index in [0.717, 1.165) is 5.56 Å². The second kappa shape index (κ2) is 4.47. The predicted molar refractivity (Wildman–Crippen MR) is 68.3 cm³/mol. The third kappa shape index (κ3) is 2.40. The van der Waals surface area contributed by atoms with Gasteiger partial charge in [-0.05, 0) is 35.4 Å². The molecule has 0 aliphatic rings. The molecule has 2 rings (SSSR count). The molecule has 0 bridgehead atoms. The van der Waals surface area contributed by atoms with Crippen LogP contribution in [-0.2, 0) is 0 Å². The van der Waals surface area contributed by atoms with Crippen molar-refractivity contribution >= 4 is 23.3 Å². The van der Waals surface area contributed by atoms with E-state index in [9.17, 15) is 4.79 Å². The summed E-state index contributed by atoms with van der Waals surface area (Å²) in [6.07, 6.45) is 0. The van der Waals surface area contributed by atoms with Crippen LogP contribution >= 0.6 is 11.6 Å². The molecule has 0 aliphatic carbocycles. The second-order valence-electron chi connectivity index (χ2n) is 3.62. The first-order chi connectivity index (χ1) is 8.08. The van der Waals surface area contributed by atoms with Gasteiger partial charge in [0.25, 0.3) is 0 Å². The Kier molecular flexibility index (Phi) is 3.02. The normalized spacial score (nSPS) is 10.2. The van der Waals surface area contributed by atoms with Crippen molar-refractivity contribution in [3.05, 3.63) is 53.1 Å². The lowest BCUT2D eigenvalue weighted by Gasteiger charge is -2.07. The number of halogens is 1. The fourth-order valence-corrected chi connectivity index (χ4v) is 1.75. The summed E-state index contributed by atoms with van der Waals surface area (Å²) >= 11 is 5.79. The summed E-state index contributed by atoms with van der Waals surface area (Å²) in [5.41, 5.74) is 7.63. The van der Waals surface area contributed by atoms with Gasteiger partial charge in [0.1, 0.15) is 0 Å². The van der Waals surface area contributed by atoms with Crippen LogP contribution in [0.3, 0.4) is 0 Å². The largest absolute Gasteiger partial charge is 0.478 e. The van der Waals surface area contributed by atoms with Crippen molar-refractivity contribution in [2.24, 2.45) is 0 Å². The maximum atomic E-state index is 11.1. The van der Waals surface area contributed by atoms with Gasteiger partial charge in [-0.25, -0.2) is 4.79 Å². The molecule has 0 saturated heterocycles. The number of nitrogen functional groups attached to an aromatic ring is 1. The van der Waals surface area contributed by atoms with Crippen molar-refractivity contribution in [3.8, 4) is 11.1 Å². The average Bonchev–Trinajstić information content (AvgIpc) is 2.30. The third-order valence-corrected chi connectivity index (χ3v) is 2.68. The number of anilines is 1. The molecule has 0 atom stereocenters. The molecule has 0 heterocycles. The molecule has 0 unspecified atom stereocenters. The van der Waals surface area contributed by atoms with Crippen LogP contribution in [0.25, 0.3) is 11.1 Å². The Hall–Kier alpha value is -2.00. The highest BCUT2D eigenvalue weighted by atomic mass is 35.5. The molecule has 0 fully saturated rings. The van der Waals surface area contributed by atoms with Crippen LogP contribution in [0.5, 0.6) is 0 Å². The van der Waals surface area contributed by atoms with Gasteiger partial charge in [-0.15, -0.1) is 0 Å². The Balaban J connectivity index is 2.58. The van der Waals surface area contributed by atoms with Crippen LogP contribution in [0.2, 0.25) is 5.02 Å². The average molecular weight is 248 g/mol. The first-order valence-electron chi connectivity index (χ1n) is 4.96. The van der Waals surface area contributed by atoms with Crippen LogP contribution in [0.15, 0.2) is 42.5 Å². The number of carbonyl (C=O) groups is 1. The second-order valence-corrected chi connectivity index (χ2v) is 4.05. The number of rotatable bonds is 2. The Bertz CT molecular complexity index is 564. The van der Waals surface area contributed by atoms with Crippen LogP contribution in [0, 0.1) is 0 Å². The fourth-order valence-electron chi connectivity index (χ4n) is 1.62. The van der Waals surface area contributed by atoms with Crippen LogP contribution in [0.1, 0.15) is 10.4 Å². The molecule has 0 saturated carbocycles. The number of hydrogen-bond donors (Lipinski definition) is 2. The summed E-state index contributed by atoms with van der Waals surface area (Å²) in [7, 11) is 0. The SMILES string of the molecule is Nc1ccc(-c2ccc(Cl)cc2)c(C(=O)O)c1. The smallest absolute Gasteiger partial charge is 0.336 e. The maximum absolute atomic E-state index is 11.1. The van der Waals surface area contributed by atoms with Gasteiger partial charge >= 0.3 is 5.97 Å². The minimum absolute atomic E-state index is 0.187. The summed E-state index contributed by atoms with van der Waals surface area (Å²) in [4.78, 5) is 11.1. The van der Waals surface area contributed by atoms with Crippen LogP contribution in [0.4, 0.5) is 5.69 Å². The number of carboxylic acid groups (broad SMARTS) is 1. The van der Waals surface area contributed by atoms with Gasteiger partial charge in [0.2, 0.25) is 0 Å². The number of aromatic carboxylic acids is 1. The van der Waals surface area contributed by atoms with Crippen molar-refractivity contribution in [2.45, 2.75) is 0 Å². The van der Waals surface area contributed by atoms with Crippen molar-refractivity contribution < 1.29 is 9.90 Å². The third-order valence-electron chi connectivity index (χ3n) is 2.43. The molecular formula is C13H10ClNO2. The standard InChI is InChI=1S/C13H10ClNO2/c14-9-3-1-8(2-4-9)11-6-5-10(15)7-12(11)13(16)17/h1-7H,15H2,(H,16,17). The highest BCUT2D eigenvalue weighted by molar-refractivity contribution is 6.30. The van der Waals surface area contributed by atoms with Crippen molar-refractivity contribution in [2.75, 3.05) is 5.73 Å². The zero-order valence-electron chi connectivity index (χ0n) is 8.85. The van der Waals surface area contributed by atoms with E-state index in [-0.39, 0.29) is 5.56 Å². The molecular weight excluding hydrogens is 238 g/mol. The predicted octanol–water partition coefficient (Wildman–Crippen LogP) is 3.29. The Morgan fingerprint density at radius 1 is 1.12 bits per heavy atom. The summed E-state index contributed by atoms with van der Waals surface area (Å²) in [6.45, 7) is 0. The van der Waals surface area contributed by atoms with E-state index in [1.807, 2.05) is 0 Å². The van der Waals surface area contributed by atoms with Gasteiger partial charge in [0.15, 0.2) is 0 Å². The molecule has 2 aromatic rings. The lowest BCUT2D eigenvalue weighted by Crippen LogP contribution is -2.01. The van der Waals surface area contributed by atoms with Gasteiger partial charge in [-0.2, -0.15) is 0 Å². The molecule has 0 aromatic heterocycles. The molecule has 0 spiro atoms. The zero-order chi connectivity index (χ0) is 12.4. The summed E-state index contributed by atoms with van der Waals surface area (Å²) in [6, 6.07) is 11.8. The van der Waals surface area contributed by atoms with Crippen LogP contribution in [-0.4, -0.2) is 11.1 Å². The number of benzene rings is 2. The molecule has 2 aromatic carbocycles. The van der Waals surface area contributed by atoms with E-state index in [1.54, 1.807) is 36.4 Å². The maximum Gasteiger partial charge on any atom is 0.336 e. The van der Waals surface area contributed by atoms with E-state index in [0.29, 0.717) is 16.3 Å². The highest BCUT2D eigenvalue weighted by Gasteiger charge is 2.11. The van der Waals surface area contributed by atoms with Gasteiger partial charge in [0, 0.05) is 10.7 Å². The first-order valence-corrected chi connectivity index (χ1v) is 5.34. The lowest BCUT2D eigenvalue weighted by molar-refractivity contribution is 0.0698. The molecule has 17 heavy (non-hydrogen) atoms. The molecule has 86 valence electrons. The van der Waals surface area contributed by atoms with Gasteiger partial charge in [-0.3, -0.25) is 0 Å². The summed E-state index contributed by atoms with van der Waals surface area (Å²) < 4.78 is 0.